The Hall–Kier alpha value is -0.900. The topological polar surface area (TPSA) is 24.5 Å². The third kappa shape index (κ3) is 4.53. The lowest BCUT2D eigenvalue weighted by molar-refractivity contribution is -0.0384. The van der Waals surface area contributed by atoms with E-state index < -0.39 is 0 Å². The molecule has 1 N–H and O–H groups in total. The summed E-state index contributed by atoms with van der Waals surface area (Å²) in [5.74, 6) is 0. The molecule has 2 atom stereocenters. The molecule has 0 radical (unpaired) electrons. The highest BCUT2D eigenvalue weighted by Gasteiger charge is 2.27. The first-order valence-corrected chi connectivity index (χ1v) is 8.20. The van der Waals surface area contributed by atoms with Gasteiger partial charge in [-0.2, -0.15) is 0 Å². The van der Waals surface area contributed by atoms with E-state index >= 15 is 0 Å². The fraction of sp³-hybridized carbons (Fsp3) is 0.667. The molecular formula is C18H30N2O. The highest BCUT2D eigenvalue weighted by molar-refractivity contribution is 5.34. The van der Waals surface area contributed by atoms with Crippen molar-refractivity contribution >= 4 is 0 Å². The lowest BCUT2D eigenvalue weighted by Crippen LogP contribution is -2.52. The number of nitrogens with one attached hydrogen (secondary N) is 1. The molecule has 1 fully saturated rings. The second kappa shape index (κ2) is 7.92. The van der Waals surface area contributed by atoms with Gasteiger partial charge >= 0.3 is 0 Å². The third-order valence-electron chi connectivity index (χ3n) is 4.47. The van der Waals surface area contributed by atoms with Crippen LogP contribution in [0.15, 0.2) is 18.2 Å². The molecule has 1 aromatic carbocycles. The molecule has 1 heterocycles. The second-order valence-corrected chi connectivity index (χ2v) is 6.31. The maximum Gasteiger partial charge on any atom is 0.0858 e. The quantitative estimate of drug-likeness (QED) is 0.871. The van der Waals surface area contributed by atoms with E-state index in [0.717, 1.165) is 39.1 Å². The van der Waals surface area contributed by atoms with Crippen LogP contribution >= 0.6 is 0 Å². The standard InChI is InChI=1S/C18H30N2O/c1-5-9-19-17(18-13-20(4)10-11-21-18)12-16-14(2)7-6-8-15(16)3/h6-8,17-19H,5,9-13H2,1-4H3. The van der Waals surface area contributed by atoms with Gasteiger partial charge in [0.25, 0.3) is 0 Å². The molecule has 0 aromatic heterocycles. The minimum absolute atomic E-state index is 0.286. The highest BCUT2D eigenvalue weighted by Crippen LogP contribution is 2.19. The van der Waals surface area contributed by atoms with E-state index in [1.807, 2.05) is 0 Å². The van der Waals surface area contributed by atoms with Gasteiger partial charge in [0, 0.05) is 19.1 Å². The maximum atomic E-state index is 6.06. The Kier molecular flexibility index (Phi) is 6.22. The Balaban J connectivity index is 2.12. The van der Waals surface area contributed by atoms with Crippen LogP contribution in [0.25, 0.3) is 0 Å². The number of aryl methyl sites for hydroxylation is 2. The minimum Gasteiger partial charge on any atom is -0.374 e. The van der Waals surface area contributed by atoms with Crippen molar-refractivity contribution in [2.45, 2.75) is 45.8 Å². The van der Waals surface area contributed by atoms with Gasteiger partial charge in [-0.1, -0.05) is 25.1 Å². The minimum atomic E-state index is 0.286. The first-order valence-electron chi connectivity index (χ1n) is 8.20. The van der Waals surface area contributed by atoms with E-state index in [-0.39, 0.29) is 6.10 Å². The van der Waals surface area contributed by atoms with Gasteiger partial charge in [0.15, 0.2) is 0 Å². The van der Waals surface area contributed by atoms with Crippen molar-refractivity contribution in [3.05, 3.63) is 34.9 Å². The van der Waals surface area contributed by atoms with Crippen molar-refractivity contribution in [2.75, 3.05) is 33.3 Å². The normalized spacial score (nSPS) is 21.4. The van der Waals surface area contributed by atoms with E-state index in [9.17, 15) is 0 Å². The van der Waals surface area contributed by atoms with Crippen LogP contribution in [0.5, 0.6) is 0 Å². The molecule has 2 rings (SSSR count). The van der Waals surface area contributed by atoms with Crippen molar-refractivity contribution in [2.24, 2.45) is 0 Å². The van der Waals surface area contributed by atoms with Crippen LogP contribution in [0.4, 0.5) is 0 Å². The first kappa shape index (κ1) is 16.5. The van der Waals surface area contributed by atoms with Gasteiger partial charge in [-0.3, -0.25) is 0 Å². The van der Waals surface area contributed by atoms with Gasteiger partial charge in [-0.25, -0.2) is 0 Å². The Bertz CT molecular complexity index is 427. The molecule has 0 saturated carbocycles. The van der Waals surface area contributed by atoms with Crippen LogP contribution in [-0.4, -0.2) is 50.3 Å². The second-order valence-electron chi connectivity index (χ2n) is 6.31. The maximum absolute atomic E-state index is 6.06. The van der Waals surface area contributed by atoms with Crippen molar-refractivity contribution in [3.8, 4) is 0 Å². The molecule has 118 valence electrons. The van der Waals surface area contributed by atoms with Gasteiger partial charge in [0.05, 0.1) is 12.7 Å². The Morgan fingerprint density at radius 3 is 2.67 bits per heavy atom. The van der Waals surface area contributed by atoms with Crippen LogP contribution in [0.2, 0.25) is 0 Å². The number of likely N-dealkylation sites (N-methyl/N-ethyl adjacent to an activating group) is 1. The van der Waals surface area contributed by atoms with Crippen molar-refractivity contribution in [1.29, 1.82) is 0 Å². The summed E-state index contributed by atoms with van der Waals surface area (Å²) < 4.78 is 6.06. The van der Waals surface area contributed by atoms with Crippen LogP contribution in [0.1, 0.15) is 30.0 Å². The van der Waals surface area contributed by atoms with Crippen LogP contribution in [-0.2, 0) is 11.2 Å². The van der Waals surface area contributed by atoms with Crippen molar-refractivity contribution in [1.82, 2.24) is 10.2 Å². The molecule has 1 aliphatic rings. The van der Waals surface area contributed by atoms with E-state index in [4.69, 9.17) is 4.74 Å². The zero-order valence-corrected chi connectivity index (χ0v) is 14.0. The summed E-state index contributed by atoms with van der Waals surface area (Å²) in [6, 6.07) is 6.97. The molecule has 3 nitrogen and oxygen atoms in total. The number of ether oxygens (including phenoxy) is 1. The summed E-state index contributed by atoms with van der Waals surface area (Å²) in [5.41, 5.74) is 4.26. The van der Waals surface area contributed by atoms with Gasteiger partial charge in [-0.15, -0.1) is 0 Å². The van der Waals surface area contributed by atoms with Gasteiger partial charge < -0.3 is 15.0 Å². The van der Waals surface area contributed by atoms with E-state index in [2.05, 4.69) is 56.2 Å². The van der Waals surface area contributed by atoms with Gasteiger partial charge in [-0.05, 0) is 57.0 Å². The SMILES string of the molecule is CCCNC(Cc1c(C)cccc1C)C1CN(C)CCO1. The summed E-state index contributed by atoms with van der Waals surface area (Å²) in [6.07, 6.45) is 2.50. The Morgan fingerprint density at radius 1 is 1.33 bits per heavy atom. The summed E-state index contributed by atoms with van der Waals surface area (Å²) in [5, 5.41) is 3.71. The molecule has 2 unspecified atom stereocenters. The van der Waals surface area contributed by atoms with Crippen molar-refractivity contribution < 1.29 is 4.74 Å². The Labute approximate surface area is 129 Å². The smallest absolute Gasteiger partial charge is 0.0858 e. The number of morpholine rings is 1. The predicted octanol–water partition coefficient (Wildman–Crippen LogP) is 2.54. The zero-order chi connectivity index (χ0) is 15.2. The summed E-state index contributed by atoms with van der Waals surface area (Å²) in [4.78, 5) is 2.37. The lowest BCUT2D eigenvalue weighted by Gasteiger charge is -2.36. The molecule has 0 spiro atoms. The van der Waals surface area contributed by atoms with Crippen molar-refractivity contribution in [3.63, 3.8) is 0 Å². The third-order valence-corrected chi connectivity index (χ3v) is 4.47. The molecule has 21 heavy (non-hydrogen) atoms. The van der Waals surface area contributed by atoms with E-state index in [1.165, 1.54) is 16.7 Å². The fourth-order valence-electron chi connectivity index (χ4n) is 3.11. The number of hydrogen-bond donors (Lipinski definition) is 1. The molecule has 1 aromatic rings. The van der Waals surface area contributed by atoms with Gasteiger partial charge in [0.2, 0.25) is 0 Å². The lowest BCUT2D eigenvalue weighted by atomic mass is 9.93. The number of benzene rings is 1. The van der Waals surface area contributed by atoms with E-state index in [0.29, 0.717) is 6.04 Å². The Morgan fingerprint density at radius 2 is 2.05 bits per heavy atom. The molecular weight excluding hydrogens is 260 g/mol. The van der Waals surface area contributed by atoms with Crippen LogP contribution in [0, 0.1) is 13.8 Å². The first-order chi connectivity index (χ1) is 10.1. The average Bonchev–Trinajstić information content (AvgIpc) is 2.46. The fourth-order valence-corrected chi connectivity index (χ4v) is 3.11. The molecule has 0 amide bonds. The summed E-state index contributed by atoms with van der Waals surface area (Å²) in [6.45, 7) is 10.6. The molecule has 0 aliphatic carbocycles. The monoisotopic (exact) mass is 290 g/mol. The van der Waals surface area contributed by atoms with Crippen LogP contribution < -0.4 is 5.32 Å². The molecule has 3 heteroatoms. The predicted molar refractivity (Wildman–Crippen MR) is 88.9 cm³/mol. The molecule has 0 bridgehead atoms. The van der Waals surface area contributed by atoms with Gasteiger partial charge in [0.1, 0.15) is 0 Å². The number of nitrogens with zero attached hydrogens (tertiary/aromatic N) is 1. The highest BCUT2D eigenvalue weighted by atomic mass is 16.5. The largest absolute Gasteiger partial charge is 0.374 e. The van der Waals surface area contributed by atoms with E-state index in [1.54, 1.807) is 0 Å². The summed E-state index contributed by atoms with van der Waals surface area (Å²) >= 11 is 0. The number of hydrogen-bond acceptors (Lipinski definition) is 3. The molecule has 1 saturated heterocycles. The molecule has 1 aliphatic heterocycles. The number of rotatable bonds is 6. The average molecular weight is 290 g/mol. The zero-order valence-electron chi connectivity index (χ0n) is 14.0. The van der Waals surface area contributed by atoms with Crippen LogP contribution in [0.3, 0.4) is 0 Å². The summed E-state index contributed by atoms with van der Waals surface area (Å²) in [7, 11) is 2.19.